The molecule has 2 nitrogen and oxygen atoms in total. The molecule has 2 saturated carbocycles. The summed E-state index contributed by atoms with van der Waals surface area (Å²) in [6, 6.07) is 1.94. The van der Waals surface area contributed by atoms with Crippen LogP contribution in [0.1, 0.15) is 64.2 Å². The van der Waals surface area contributed by atoms with Crippen LogP contribution in [0.3, 0.4) is 0 Å². The van der Waals surface area contributed by atoms with Crippen molar-refractivity contribution in [3.05, 3.63) is 0 Å². The van der Waals surface area contributed by atoms with Gasteiger partial charge in [0.2, 0.25) is 0 Å². The van der Waals surface area contributed by atoms with Crippen LogP contribution in [0.4, 0.5) is 0 Å². The molecule has 4 heteroatoms. The van der Waals surface area contributed by atoms with E-state index in [9.17, 15) is 0 Å². The molecule has 0 amide bonds. The first-order valence-corrected chi connectivity index (χ1v) is 13.4. The van der Waals surface area contributed by atoms with E-state index in [1.807, 2.05) is 0 Å². The van der Waals surface area contributed by atoms with Gasteiger partial charge < -0.3 is 9.13 Å². The molecule has 0 aromatic rings. The monoisotopic (exact) mass is 284 g/mol. The van der Waals surface area contributed by atoms with Gasteiger partial charge >= 0.3 is 0 Å². The summed E-state index contributed by atoms with van der Waals surface area (Å²) in [6.45, 7) is 0. The molecule has 2 aliphatic carbocycles. The van der Waals surface area contributed by atoms with Gasteiger partial charge in [0.1, 0.15) is 0 Å². The van der Waals surface area contributed by atoms with E-state index >= 15 is 0 Å². The molecule has 0 aliphatic heterocycles. The molecule has 0 aromatic carbocycles. The lowest BCUT2D eigenvalue weighted by atomic mass is 9.96. The second-order valence-electron chi connectivity index (χ2n) is 6.54. The average molecular weight is 285 g/mol. The number of hydrogen-bond acceptors (Lipinski definition) is 2. The fourth-order valence-corrected chi connectivity index (χ4v) is 9.90. The molecule has 0 unspecified atom stereocenters. The Bertz CT molecular complexity index is 202. The van der Waals surface area contributed by atoms with E-state index in [2.05, 4.69) is 23.2 Å². The molecule has 0 N–H and O–H groups in total. The van der Waals surface area contributed by atoms with Gasteiger partial charge in [-0.05, 0) is 39.8 Å². The number of hydrogen-bond donors (Lipinski definition) is 0. The molecule has 2 fully saturated rings. The van der Waals surface area contributed by atoms with Gasteiger partial charge in [0.15, 0.2) is 0 Å². The third-order valence-corrected chi connectivity index (χ3v) is 12.7. The lowest BCUT2D eigenvalue weighted by molar-refractivity contribution is 0.285. The van der Waals surface area contributed by atoms with E-state index in [0.717, 1.165) is 12.1 Å². The van der Waals surface area contributed by atoms with Crippen molar-refractivity contribution in [1.29, 1.82) is 0 Å². The van der Waals surface area contributed by atoms with Crippen molar-refractivity contribution in [3.8, 4) is 0 Å². The molecule has 0 atom stereocenters. The van der Waals surface area contributed by atoms with Crippen molar-refractivity contribution < 1.29 is 0 Å². The number of nitrogens with zero attached hydrogens (tertiary/aromatic N) is 2. The maximum absolute atomic E-state index is 2.82. The highest BCUT2D eigenvalue weighted by atomic mass is 29.2. The number of rotatable bonds is 5. The summed E-state index contributed by atoms with van der Waals surface area (Å²) in [5, 5.41) is 0. The highest BCUT2D eigenvalue weighted by Gasteiger charge is 2.21. The minimum absolute atomic E-state index is 0.0965. The summed E-state index contributed by atoms with van der Waals surface area (Å²) >= 11 is 0. The van der Waals surface area contributed by atoms with Crippen LogP contribution in [0.15, 0.2) is 0 Å². The first kappa shape index (κ1) is 14.8. The summed E-state index contributed by atoms with van der Waals surface area (Å²) < 4.78 is 5.65. The van der Waals surface area contributed by atoms with Crippen molar-refractivity contribution in [1.82, 2.24) is 9.13 Å². The van der Waals surface area contributed by atoms with E-state index < -0.39 is 0 Å². The Balaban J connectivity index is 1.66. The summed E-state index contributed by atoms with van der Waals surface area (Å²) in [5.41, 5.74) is 0. The van der Waals surface area contributed by atoms with Crippen LogP contribution in [-0.2, 0) is 0 Å². The molecular weight excluding hydrogens is 252 g/mol. The highest BCUT2D eigenvalue weighted by Crippen LogP contribution is 2.22. The van der Waals surface area contributed by atoms with Gasteiger partial charge in [0.25, 0.3) is 0 Å². The SMILES string of the molecule is CN([SiH2][SiH2]N(C)C1CCCCC1)C1CCCCC1. The minimum atomic E-state index is 0.0965. The molecule has 0 heterocycles. The fraction of sp³-hybridized carbons (Fsp3) is 1.00. The molecule has 0 bridgehead atoms. The third-order valence-electron chi connectivity index (χ3n) is 5.20. The van der Waals surface area contributed by atoms with Crippen molar-refractivity contribution in [2.75, 3.05) is 14.1 Å². The first-order valence-electron chi connectivity index (χ1n) is 8.18. The van der Waals surface area contributed by atoms with Crippen molar-refractivity contribution in [2.24, 2.45) is 0 Å². The Labute approximate surface area is 118 Å². The van der Waals surface area contributed by atoms with Crippen LogP contribution in [0, 0.1) is 0 Å². The van der Waals surface area contributed by atoms with Crippen LogP contribution in [0.2, 0.25) is 0 Å². The van der Waals surface area contributed by atoms with Gasteiger partial charge in [-0.3, -0.25) is 0 Å². The lowest BCUT2D eigenvalue weighted by Crippen LogP contribution is -2.46. The van der Waals surface area contributed by atoms with Crippen LogP contribution < -0.4 is 0 Å². The Morgan fingerprint density at radius 1 is 0.611 bits per heavy atom. The zero-order valence-electron chi connectivity index (χ0n) is 12.5. The summed E-state index contributed by atoms with van der Waals surface area (Å²) in [5.74, 6) is 0. The maximum atomic E-state index is 2.82. The molecule has 0 saturated heterocycles. The average Bonchev–Trinajstić information content (AvgIpc) is 2.46. The van der Waals surface area contributed by atoms with Crippen molar-refractivity contribution >= 4 is 18.4 Å². The zero-order valence-corrected chi connectivity index (χ0v) is 15.4. The normalized spacial score (nSPS) is 25.3. The second-order valence-corrected chi connectivity index (χ2v) is 12.1. The molecule has 0 aromatic heterocycles. The standard InChI is InChI=1S/C14H32N2Si2/c1-15(13-9-5-3-6-10-13)17-18-16(2)14-11-7-4-8-12-14/h13-14H,3-12,17-18H2,1-2H3. The van der Waals surface area contributed by atoms with E-state index in [1.165, 1.54) is 64.2 Å². The van der Waals surface area contributed by atoms with E-state index in [4.69, 9.17) is 0 Å². The third kappa shape index (κ3) is 4.47. The van der Waals surface area contributed by atoms with Gasteiger partial charge in [-0.15, -0.1) is 0 Å². The first-order chi connectivity index (χ1) is 8.77. The van der Waals surface area contributed by atoms with E-state index in [-0.39, 0.29) is 18.4 Å². The predicted octanol–water partition coefficient (Wildman–Crippen LogP) is 1.60. The topological polar surface area (TPSA) is 6.48 Å². The van der Waals surface area contributed by atoms with E-state index in [0.29, 0.717) is 0 Å². The maximum Gasteiger partial charge on any atom is 0.0968 e. The Morgan fingerprint density at radius 3 is 1.28 bits per heavy atom. The van der Waals surface area contributed by atoms with Gasteiger partial charge in [-0.25, -0.2) is 0 Å². The van der Waals surface area contributed by atoms with Crippen molar-refractivity contribution in [3.63, 3.8) is 0 Å². The summed E-state index contributed by atoms with van der Waals surface area (Å²) in [6.07, 6.45) is 14.9. The molecule has 0 radical (unpaired) electrons. The Morgan fingerprint density at radius 2 is 0.944 bits per heavy atom. The minimum Gasteiger partial charge on any atom is -0.330 e. The Kier molecular flexibility index (Phi) is 6.42. The molecular formula is C14H32N2Si2. The predicted molar refractivity (Wildman–Crippen MR) is 86.4 cm³/mol. The van der Waals surface area contributed by atoms with Crippen LogP contribution >= 0.6 is 0 Å². The van der Waals surface area contributed by atoms with Gasteiger partial charge in [-0.2, -0.15) is 0 Å². The lowest BCUT2D eigenvalue weighted by Gasteiger charge is -2.35. The molecule has 2 aliphatic rings. The van der Waals surface area contributed by atoms with Crippen LogP contribution in [-0.4, -0.2) is 53.7 Å². The smallest absolute Gasteiger partial charge is 0.0968 e. The highest BCUT2D eigenvalue weighted by molar-refractivity contribution is 6.97. The summed E-state index contributed by atoms with van der Waals surface area (Å²) in [4.78, 5) is 0. The Hall–Kier alpha value is 0.354. The van der Waals surface area contributed by atoms with Crippen molar-refractivity contribution in [2.45, 2.75) is 76.3 Å². The van der Waals surface area contributed by atoms with Gasteiger partial charge in [-0.1, -0.05) is 38.5 Å². The van der Waals surface area contributed by atoms with Crippen LogP contribution in [0.25, 0.3) is 0 Å². The fourth-order valence-electron chi connectivity index (χ4n) is 3.72. The second kappa shape index (κ2) is 7.83. The van der Waals surface area contributed by atoms with E-state index in [1.54, 1.807) is 0 Å². The van der Waals surface area contributed by atoms with Gasteiger partial charge in [0, 0.05) is 12.1 Å². The molecule has 106 valence electrons. The quantitative estimate of drug-likeness (QED) is 0.708. The molecule has 0 spiro atoms. The van der Waals surface area contributed by atoms with Crippen LogP contribution in [0.5, 0.6) is 0 Å². The molecule has 18 heavy (non-hydrogen) atoms. The van der Waals surface area contributed by atoms with Gasteiger partial charge in [0.05, 0.1) is 18.4 Å². The summed E-state index contributed by atoms with van der Waals surface area (Å²) in [7, 11) is 5.06. The zero-order chi connectivity index (χ0) is 12.8. The molecule has 2 rings (SSSR count). The largest absolute Gasteiger partial charge is 0.330 e.